The van der Waals surface area contributed by atoms with E-state index in [1.807, 2.05) is 18.5 Å². The molecule has 0 amide bonds. The molecule has 3 aliphatic rings. The lowest BCUT2D eigenvalue weighted by atomic mass is 10.0. The van der Waals surface area contributed by atoms with Crippen LogP contribution in [0.4, 0.5) is 5.69 Å². The minimum Gasteiger partial charge on any atom is -0.478 e. The van der Waals surface area contributed by atoms with Crippen LogP contribution in [0.15, 0.2) is 65.9 Å². The summed E-state index contributed by atoms with van der Waals surface area (Å²) in [5.41, 5.74) is 3.76. The van der Waals surface area contributed by atoms with Gasteiger partial charge in [0.2, 0.25) is 0 Å². The maximum Gasteiger partial charge on any atom is 0.335 e. The number of hydrogen-bond donors (Lipinski definition) is 1. The van der Waals surface area contributed by atoms with Crippen LogP contribution in [0, 0.1) is 0 Å². The molecule has 1 N–H and O–H groups in total. The number of benzene rings is 2. The first-order valence-electron chi connectivity index (χ1n) is 13.2. The van der Waals surface area contributed by atoms with Crippen LogP contribution in [0.2, 0.25) is 0 Å². The van der Waals surface area contributed by atoms with Crippen molar-refractivity contribution in [2.24, 2.45) is 4.99 Å². The summed E-state index contributed by atoms with van der Waals surface area (Å²) in [6.07, 6.45) is 7.31. The fourth-order valence-electron chi connectivity index (χ4n) is 5.65. The molecule has 1 atom stereocenters. The number of carbonyl (C=O) groups is 1. The number of carboxylic acid groups (broad SMARTS) is 1. The number of aliphatic imine (C=N–C) groups is 1. The molecule has 0 spiro atoms. The van der Waals surface area contributed by atoms with Crippen LogP contribution in [0.3, 0.4) is 0 Å². The molecule has 2 aromatic rings. The van der Waals surface area contributed by atoms with Crippen molar-refractivity contribution in [1.82, 2.24) is 14.7 Å². The van der Waals surface area contributed by atoms with Crippen molar-refractivity contribution in [3.63, 3.8) is 0 Å². The Morgan fingerprint density at radius 3 is 2.58 bits per heavy atom. The van der Waals surface area contributed by atoms with Gasteiger partial charge in [-0.3, -0.25) is 4.90 Å². The maximum absolute atomic E-state index is 11.6. The van der Waals surface area contributed by atoms with Crippen LogP contribution < -0.4 is 4.90 Å². The van der Waals surface area contributed by atoms with Crippen LogP contribution in [-0.4, -0.2) is 84.0 Å². The number of hydrogen-bond acceptors (Lipinski definition) is 6. The number of amidine groups is 1. The highest BCUT2D eigenvalue weighted by Crippen LogP contribution is 2.29. The zero-order chi connectivity index (χ0) is 24.9. The third kappa shape index (κ3) is 5.47. The average Bonchev–Trinajstić information content (AvgIpc) is 3.46. The minimum atomic E-state index is -0.899. The Balaban J connectivity index is 1.32. The molecule has 190 valence electrons. The summed E-state index contributed by atoms with van der Waals surface area (Å²) in [6, 6.07) is 16.6. The highest BCUT2D eigenvalue weighted by atomic mass is 16.4. The molecule has 0 aromatic heterocycles. The normalized spacial score (nSPS) is 21.1. The van der Waals surface area contributed by atoms with Gasteiger partial charge in [-0.15, -0.1) is 0 Å². The summed E-state index contributed by atoms with van der Waals surface area (Å²) >= 11 is 0. The van der Waals surface area contributed by atoms with E-state index in [4.69, 9.17) is 4.99 Å². The van der Waals surface area contributed by atoms with Crippen molar-refractivity contribution in [3.05, 3.63) is 77.6 Å². The number of carboxylic acids is 1. The first-order chi connectivity index (χ1) is 17.6. The van der Waals surface area contributed by atoms with Gasteiger partial charge in [0, 0.05) is 50.8 Å². The van der Waals surface area contributed by atoms with E-state index in [0.717, 1.165) is 56.2 Å². The Bertz CT molecular complexity index is 1110. The lowest BCUT2D eigenvalue weighted by molar-refractivity contribution is 0.0697. The predicted octanol–water partition coefficient (Wildman–Crippen LogP) is 4.09. The molecule has 5 rings (SSSR count). The van der Waals surface area contributed by atoms with Gasteiger partial charge >= 0.3 is 5.97 Å². The van der Waals surface area contributed by atoms with Crippen molar-refractivity contribution in [2.75, 3.05) is 57.3 Å². The van der Waals surface area contributed by atoms with E-state index in [9.17, 15) is 9.90 Å². The van der Waals surface area contributed by atoms with E-state index in [1.165, 1.54) is 31.5 Å². The Kier molecular flexibility index (Phi) is 7.68. The van der Waals surface area contributed by atoms with Crippen molar-refractivity contribution in [3.8, 4) is 0 Å². The van der Waals surface area contributed by atoms with E-state index in [0.29, 0.717) is 18.2 Å². The van der Waals surface area contributed by atoms with Crippen molar-refractivity contribution < 1.29 is 9.90 Å². The van der Waals surface area contributed by atoms with Gasteiger partial charge < -0.3 is 19.8 Å². The topological polar surface area (TPSA) is 62.6 Å². The van der Waals surface area contributed by atoms with E-state index in [1.54, 1.807) is 12.1 Å². The smallest absolute Gasteiger partial charge is 0.335 e. The number of aryl methyl sites for hydroxylation is 1. The Labute approximate surface area is 214 Å². The van der Waals surface area contributed by atoms with Crippen LogP contribution in [0.25, 0.3) is 0 Å². The molecule has 0 bridgehead atoms. The largest absolute Gasteiger partial charge is 0.478 e. The summed E-state index contributed by atoms with van der Waals surface area (Å²) in [5, 5.41) is 9.53. The molecule has 2 aromatic carbocycles. The SMILES string of the molecule is CCc1ccc(C(=O)O)cc1N1C=CN=C(N2CCN(CCN3CCCC3)C(c3ccccc3)C2)C1. The molecule has 0 radical (unpaired) electrons. The number of nitrogens with zero attached hydrogens (tertiary/aromatic N) is 5. The molecule has 3 heterocycles. The molecular weight excluding hydrogens is 450 g/mol. The van der Waals surface area contributed by atoms with Gasteiger partial charge in [-0.1, -0.05) is 43.3 Å². The fraction of sp³-hybridized carbons (Fsp3) is 0.448. The minimum absolute atomic E-state index is 0.315. The Morgan fingerprint density at radius 2 is 1.83 bits per heavy atom. The van der Waals surface area contributed by atoms with Crippen molar-refractivity contribution >= 4 is 17.5 Å². The molecule has 3 aliphatic heterocycles. The monoisotopic (exact) mass is 487 g/mol. The molecule has 0 aliphatic carbocycles. The van der Waals surface area contributed by atoms with E-state index < -0.39 is 5.97 Å². The van der Waals surface area contributed by atoms with Gasteiger partial charge in [-0.2, -0.15) is 0 Å². The van der Waals surface area contributed by atoms with Crippen LogP contribution in [0.5, 0.6) is 0 Å². The number of likely N-dealkylation sites (tertiary alicyclic amines) is 1. The third-order valence-electron chi connectivity index (χ3n) is 7.75. The average molecular weight is 488 g/mol. The van der Waals surface area contributed by atoms with Crippen LogP contribution in [-0.2, 0) is 6.42 Å². The van der Waals surface area contributed by atoms with Crippen LogP contribution in [0.1, 0.15) is 47.3 Å². The Hall–Kier alpha value is -3.16. The summed E-state index contributed by atoms with van der Waals surface area (Å²) < 4.78 is 0. The zero-order valence-electron chi connectivity index (χ0n) is 21.2. The molecule has 7 heteroatoms. The second-order valence-corrected chi connectivity index (χ2v) is 9.93. The molecule has 1 unspecified atom stereocenters. The first-order valence-corrected chi connectivity index (χ1v) is 13.2. The predicted molar refractivity (Wildman–Crippen MR) is 145 cm³/mol. The molecule has 0 saturated carbocycles. The van der Waals surface area contributed by atoms with Gasteiger partial charge in [0.05, 0.1) is 18.2 Å². The van der Waals surface area contributed by atoms with E-state index >= 15 is 0 Å². The zero-order valence-corrected chi connectivity index (χ0v) is 21.2. The van der Waals surface area contributed by atoms with Gasteiger partial charge in [0.15, 0.2) is 0 Å². The van der Waals surface area contributed by atoms with Gasteiger partial charge in [-0.05, 0) is 55.6 Å². The van der Waals surface area contributed by atoms with Gasteiger partial charge in [0.1, 0.15) is 5.84 Å². The summed E-state index contributed by atoms with van der Waals surface area (Å²) in [6.45, 7) is 10.3. The Morgan fingerprint density at radius 1 is 1.03 bits per heavy atom. The molecule has 2 fully saturated rings. The lowest BCUT2D eigenvalue weighted by Crippen LogP contribution is -2.53. The second kappa shape index (κ2) is 11.3. The van der Waals surface area contributed by atoms with E-state index in [2.05, 4.69) is 56.9 Å². The highest BCUT2D eigenvalue weighted by molar-refractivity contribution is 5.92. The fourth-order valence-corrected chi connectivity index (χ4v) is 5.65. The molecular formula is C29H37N5O2. The standard InChI is InChI=1S/C29H37N5O2/c1-2-23-10-11-25(29(35)36)20-26(23)33-15-12-30-28(22-33)34-19-18-32(17-16-31-13-6-7-14-31)27(21-34)24-8-4-3-5-9-24/h3-5,8-12,15,20,27H,2,6-7,13-14,16-19,21-22H2,1H3,(H,35,36). The molecule has 2 saturated heterocycles. The molecule has 36 heavy (non-hydrogen) atoms. The number of rotatable bonds is 7. The summed E-state index contributed by atoms with van der Waals surface area (Å²) in [5.74, 6) is 0.143. The van der Waals surface area contributed by atoms with E-state index in [-0.39, 0.29) is 0 Å². The van der Waals surface area contributed by atoms with Gasteiger partial charge in [-0.25, -0.2) is 9.79 Å². The molecule has 7 nitrogen and oxygen atoms in total. The quantitative estimate of drug-likeness (QED) is 0.635. The lowest BCUT2D eigenvalue weighted by Gasteiger charge is -2.44. The van der Waals surface area contributed by atoms with Crippen LogP contribution >= 0.6 is 0 Å². The maximum atomic E-state index is 11.6. The summed E-state index contributed by atoms with van der Waals surface area (Å²) in [7, 11) is 0. The third-order valence-corrected chi connectivity index (χ3v) is 7.75. The summed E-state index contributed by atoms with van der Waals surface area (Å²) in [4.78, 5) is 26.2. The second-order valence-electron chi connectivity index (χ2n) is 9.93. The van der Waals surface area contributed by atoms with Crippen molar-refractivity contribution in [1.29, 1.82) is 0 Å². The number of piperazine rings is 1. The highest BCUT2D eigenvalue weighted by Gasteiger charge is 2.31. The van der Waals surface area contributed by atoms with Crippen molar-refractivity contribution in [2.45, 2.75) is 32.2 Å². The van der Waals surface area contributed by atoms with Gasteiger partial charge in [0.25, 0.3) is 0 Å². The number of aromatic carboxylic acids is 1. The number of anilines is 1. The first kappa shape index (κ1) is 24.5.